The van der Waals surface area contributed by atoms with Gasteiger partial charge in [0, 0.05) is 25.1 Å². The summed E-state index contributed by atoms with van der Waals surface area (Å²) in [7, 11) is 0. The highest BCUT2D eigenvalue weighted by molar-refractivity contribution is 5.43. The number of allylic oxidation sites excluding steroid dienone is 5. The first-order valence-corrected chi connectivity index (χ1v) is 11.0. The zero-order valence-electron chi connectivity index (χ0n) is 18.3. The van der Waals surface area contributed by atoms with E-state index in [1.807, 2.05) is 23.0 Å². The minimum absolute atomic E-state index is 0.131. The molecular weight excluding hydrogens is 448 g/mol. The first-order chi connectivity index (χ1) is 16.3. The number of rotatable bonds is 9. The van der Waals surface area contributed by atoms with E-state index in [0.717, 1.165) is 43.5 Å². The van der Waals surface area contributed by atoms with Crippen LogP contribution in [0.2, 0.25) is 0 Å². The molecule has 2 heterocycles. The molecule has 9 heteroatoms. The molecule has 4 rings (SSSR count). The van der Waals surface area contributed by atoms with Crippen LogP contribution in [0.3, 0.4) is 0 Å². The molecule has 2 atom stereocenters. The molecule has 2 aromatic heterocycles. The number of benzene rings is 1. The number of halogens is 4. The highest BCUT2D eigenvalue weighted by Gasteiger charge is 2.58. The summed E-state index contributed by atoms with van der Waals surface area (Å²) in [6.07, 6.45) is 10.0. The number of alkyl halides is 4. The smallest absolute Gasteiger partial charge is 0.427 e. The first kappa shape index (κ1) is 23.7. The highest BCUT2D eigenvalue weighted by Crippen LogP contribution is 2.44. The largest absolute Gasteiger partial charge is 0.445 e. The second-order valence-electron chi connectivity index (χ2n) is 8.19. The molecule has 178 valence electrons. The molecule has 1 aromatic carbocycles. The third-order valence-electron chi connectivity index (χ3n) is 5.69. The lowest BCUT2D eigenvalue weighted by Gasteiger charge is -2.31. The third-order valence-corrected chi connectivity index (χ3v) is 5.69. The average Bonchev–Trinajstić information content (AvgIpc) is 3.49. The lowest BCUT2D eigenvalue weighted by atomic mass is 9.84. The predicted octanol–water partition coefficient (Wildman–Crippen LogP) is 5.91. The maximum atomic E-state index is 14.6. The number of hydrogen-bond donors (Lipinski definition) is 0. The van der Waals surface area contributed by atoms with Crippen LogP contribution in [0.4, 0.5) is 17.6 Å². The quantitative estimate of drug-likeness (QED) is 0.287. The fraction of sp³-hybridized carbons (Fsp3) is 0.320. The molecule has 1 aliphatic rings. The number of aryl methyl sites for hydroxylation is 2. The molecule has 2 unspecified atom stereocenters. The Balaban J connectivity index is 1.29. The molecule has 0 amide bonds. The van der Waals surface area contributed by atoms with E-state index < -0.39 is 17.8 Å². The Morgan fingerprint density at radius 1 is 1.09 bits per heavy atom. The standard InChI is InChI=1S/C25H24F4N4O/c26-24(25(27,28)29)13-3-1-6-21(24)11-12-23-31-22(18-34-23)17-20-9-7-19(8-10-20)5-2-4-15-33-16-14-30-32-33/h1,3,6-14,16,18,21H,2,4-5,15,17H2/b12-11+. The lowest BCUT2D eigenvalue weighted by Crippen LogP contribution is -2.45. The van der Waals surface area contributed by atoms with Gasteiger partial charge in [0.25, 0.3) is 0 Å². The predicted molar refractivity (Wildman–Crippen MR) is 119 cm³/mol. The van der Waals surface area contributed by atoms with Gasteiger partial charge in [-0.25, -0.2) is 9.37 Å². The summed E-state index contributed by atoms with van der Waals surface area (Å²) >= 11 is 0. The number of aromatic nitrogens is 4. The SMILES string of the molecule is FC(F)(F)C1(F)C=CC=CC1/C=C/c1nc(Cc2ccc(CCCCn3ccnn3)cc2)co1. The van der Waals surface area contributed by atoms with Crippen molar-refractivity contribution >= 4 is 6.08 Å². The Morgan fingerprint density at radius 3 is 2.62 bits per heavy atom. The van der Waals surface area contributed by atoms with E-state index in [0.29, 0.717) is 18.2 Å². The van der Waals surface area contributed by atoms with E-state index in [2.05, 4.69) is 27.4 Å². The Labute approximate surface area is 194 Å². The Bertz CT molecular complexity index is 1150. The number of unbranched alkanes of at least 4 members (excludes halogenated alkanes) is 1. The van der Waals surface area contributed by atoms with Crippen LogP contribution in [0.15, 0.2) is 77.7 Å². The van der Waals surface area contributed by atoms with Gasteiger partial charge in [0.05, 0.1) is 11.9 Å². The normalized spacial score (nSPS) is 20.4. The summed E-state index contributed by atoms with van der Waals surface area (Å²) in [5, 5.41) is 7.73. The van der Waals surface area contributed by atoms with E-state index in [4.69, 9.17) is 4.42 Å². The summed E-state index contributed by atoms with van der Waals surface area (Å²) in [6.45, 7) is 0.845. The van der Waals surface area contributed by atoms with Gasteiger partial charge in [0.2, 0.25) is 11.6 Å². The second-order valence-corrected chi connectivity index (χ2v) is 8.19. The molecule has 0 fully saturated rings. The molecule has 0 radical (unpaired) electrons. The maximum Gasteiger partial charge on any atom is 0.427 e. The molecule has 0 N–H and O–H groups in total. The molecule has 0 bridgehead atoms. The zero-order valence-corrected chi connectivity index (χ0v) is 18.3. The molecule has 5 nitrogen and oxygen atoms in total. The van der Waals surface area contributed by atoms with Crippen molar-refractivity contribution in [3.8, 4) is 0 Å². The first-order valence-electron chi connectivity index (χ1n) is 11.0. The maximum absolute atomic E-state index is 14.6. The van der Waals surface area contributed by atoms with E-state index in [-0.39, 0.29) is 5.89 Å². The van der Waals surface area contributed by atoms with Crippen LogP contribution >= 0.6 is 0 Å². The van der Waals surface area contributed by atoms with Crippen molar-refractivity contribution in [3.63, 3.8) is 0 Å². The van der Waals surface area contributed by atoms with Crippen LogP contribution < -0.4 is 0 Å². The number of hydrogen-bond acceptors (Lipinski definition) is 4. The monoisotopic (exact) mass is 472 g/mol. The number of oxazole rings is 1. The van der Waals surface area contributed by atoms with Crippen molar-refractivity contribution in [2.45, 2.75) is 44.1 Å². The van der Waals surface area contributed by atoms with Crippen molar-refractivity contribution in [2.75, 3.05) is 0 Å². The van der Waals surface area contributed by atoms with Gasteiger partial charge in [0.1, 0.15) is 6.26 Å². The molecule has 0 saturated heterocycles. The minimum atomic E-state index is -5.02. The lowest BCUT2D eigenvalue weighted by molar-refractivity contribution is -0.219. The molecule has 0 aliphatic heterocycles. The van der Waals surface area contributed by atoms with E-state index >= 15 is 0 Å². The van der Waals surface area contributed by atoms with Crippen molar-refractivity contribution in [2.24, 2.45) is 5.92 Å². The van der Waals surface area contributed by atoms with Gasteiger partial charge in [-0.1, -0.05) is 53.8 Å². The molecule has 1 aliphatic carbocycles. The van der Waals surface area contributed by atoms with Crippen LogP contribution in [-0.2, 0) is 19.4 Å². The fourth-order valence-corrected chi connectivity index (χ4v) is 3.77. The van der Waals surface area contributed by atoms with Crippen LogP contribution in [0.1, 0.15) is 35.6 Å². The Kier molecular flexibility index (Phi) is 7.09. The number of nitrogens with zero attached hydrogens (tertiary/aromatic N) is 4. The van der Waals surface area contributed by atoms with Crippen molar-refractivity contribution in [1.82, 2.24) is 20.0 Å². The molecule has 34 heavy (non-hydrogen) atoms. The van der Waals surface area contributed by atoms with Crippen LogP contribution in [0, 0.1) is 5.92 Å². The van der Waals surface area contributed by atoms with Crippen LogP contribution in [-0.4, -0.2) is 31.8 Å². The topological polar surface area (TPSA) is 56.7 Å². The van der Waals surface area contributed by atoms with Gasteiger partial charge in [-0.2, -0.15) is 13.2 Å². The Hall–Kier alpha value is -3.49. The summed E-state index contributed by atoms with van der Waals surface area (Å²) in [6, 6.07) is 8.20. The van der Waals surface area contributed by atoms with Crippen molar-refractivity contribution in [3.05, 3.63) is 96.0 Å². The van der Waals surface area contributed by atoms with Crippen molar-refractivity contribution in [1.29, 1.82) is 0 Å². The van der Waals surface area contributed by atoms with Crippen LogP contribution in [0.5, 0.6) is 0 Å². The summed E-state index contributed by atoms with van der Waals surface area (Å²) in [4.78, 5) is 4.29. The van der Waals surface area contributed by atoms with E-state index in [9.17, 15) is 17.6 Å². The van der Waals surface area contributed by atoms with Crippen molar-refractivity contribution < 1.29 is 22.0 Å². The van der Waals surface area contributed by atoms with Gasteiger partial charge in [0.15, 0.2) is 0 Å². The minimum Gasteiger partial charge on any atom is -0.445 e. The highest BCUT2D eigenvalue weighted by atomic mass is 19.4. The van der Waals surface area contributed by atoms with Gasteiger partial charge in [-0.05, 0) is 42.5 Å². The third kappa shape index (κ3) is 5.70. The summed E-state index contributed by atoms with van der Waals surface area (Å²) in [5.41, 5.74) is -0.539. The fourth-order valence-electron chi connectivity index (χ4n) is 3.77. The Morgan fingerprint density at radius 2 is 1.88 bits per heavy atom. The van der Waals surface area contributed by atoms with Gasteiger partial charge >= 0.3 is 6.18 Å². The summed E-state index contributed by atoms with van der Waals surface area (Å²) in [5.74, 6) is -1.36. The van der Waals surface area contributed by atoms with Gasteiger partial charge in [-0.15, -0.1) is 5.10 Å². The zero-order chi connectivity index (χ0) is 24.0. The van der Waals surface area contributed by atoms with Gasteiger partial charge in [-0.3, -0.25) is 4.68 Å². The molecule has 0 saturated carbocycles. The molecule has 3 aromatic rings. The summed E-state index contributed by atoms with van der Waals surface area (Å²) < 4.78 is 61.3. The van der Waals surface area contributed by atoms with E-state index in [1.165, 1.54) is 30.1 Å². The van der Waals surface area contributed by atoms with Gasteiger partial charge < -0.3 is 4.42 Å². The van der Waals surface area contributed by atoms with E-state index in [1.54, 1.807) is 6.20 Å². The molecule has 0 spiro atoms. The second kappa shape index (κ2) is 10.2. The van der Waals surface area contributed by atoms with Crippen LogP contribution in [0.25, 0.3) is 6.08 Å². The average molecular weight is 472 g/mol. The molecular formula is C25H24F4N4O.